The van der Waals surface area contributed by atoms with Gasteiger partial charge in [-0.25, -0.2) is 15.0 Å². The maximum absolute atomic E-state index is 4.86. The van der Waals surface area contributed by atoms with E-state index in [1.54, 1.807) is 12.4 Å². The molecule has 2 aromatic heterocycles. The first-order valence-corrected chi connectivity index (χ1v) is 8.90. The maximum Gasteiger partial charge on any atom is 0.198 e. The molecule has 4 nitrogen and oxygen atoms in total. The molecule has 0 amide bonds. The Labute approximate surface area is 155 Å². The van der Waals surface area contributed by atoms with Gasteiger partial charge in [-0.3, -0.25) is 4.57 Å². The molecule has 0 atom stereocenters. The van der Waals surface area contributed by atoms with E-state index < -0.39 is 0 Å². The minimum absolute atomic E-state index is 0.656. The Kier molecular flexibility index (Phi) is 2.85. The highest BCUT2D eigenvalue weighted by Crippen LogP contribution is 2.43. The Morgan fingerprint density at radius 1 is 0.556 bits per heavy atom. The summed E-state index contributed by atoms with van der Waals surface area (Å²) in [6.07, 6.45) is 3.41. The van der Waals surface area contributed by atoms with Crippen LogP contribution < -0.4 is 0 Å². The van der Waals surface area contributed by atoms with Gasteiger partial charge >= 0.3 is 0 Å². The van der Waals surface area contributed by atoms with Gasteiger partial charge in [0.2, 0.25) is 0 Å². The van der Waals surface area contributed by atoms with E-state index in [0.717, 1.165) is 28.3 Å². The Morgan fingerprint density at radius 2 is 1.11 bits per heavy atom. The van der Waals surface area contributed by atoms with Crippen LogP contribution in [0.1, 0.15) is 0 Å². The molecule has 0 radical (unpaired) electrons. The van der Waals surface area contributed by atoms with Gasteiger partial charge in [0.15, 0.2) is 11.3 Å². The predicted molar refractivity (Wildman–Crippen MR) is 107 cm³/mol. The van der Waals surface area contributed by atoms with Gasteiger partial charge in [0, 0.05) is 23.5 Å². The molecule has 4 heteroatoms. The first-order chi connectivity index (χ1) is 13.4. The van der Waals surface area contributed by atoms with E-state index in [4.69, 9.17) is 4.98 Å². The number of fused-ring (bicyclic) bond motifs is 10. The van der Waals surface area contributed by atoms with Crippen LogP contribution in [0.15, 0.2) is 85.2 Å². The van der Waals surface area contributed by atoms with Gasteiger partial charge in [0.25, 0.3) is 0 Å². The highest BCUT2D eigenvalue weighted by Gasteiger charge is 2.24. The quantitative estimate of drug-likeness (QED) is 0.383. The van der Waals surface area contributed by atoms with E-state index in [0.29, 0.717) is 5.65 Å². The SMILES string of the molecule is c1ccc2c(c1)-c1ccccc1-c1nc3nccnc3n1-c1ccccc1-2. The third kappa shape index (κ3) is 1.95. The van der Waals surface area contributed by atoms with Gasteiger partial charge in [0.1, 0.15) is 5.82 Å². The summed E-state index contributed by atoms with van der Waals surface area (Å²) in [6.45, 7) is 0. The van der Waals surface area contributed by atoms with E-state index in [9.17, 15) is 0 Å². The summed E-state index contributed by atoms with van der Waals surface area (Å²) in [5.41, 5.74) is 8.32. The number of aromatic nitrogens is 4. The standard InChI is InChI=1S/C23H14N4/c1-2-8-16-15(7-1)17-9-3-4-11-19(17)22-26-21-23(25-14-13-24-21)27(22)20-12-6-5-10-18(16)20/h1-14H. The zero-order chi connectivity index (χ0) is 17.8. The first kappa shape index (κ1) is 14.4. The number of rotatable bonds is 0. The molecule has 3 aromatic carbocycles. The molecule has 1 aliphatic rings. The predicted octanol–water partition coefficient (Wildman–Crippen LogP) is 5.13. The number of hydrogen-bond acceptors (Lipinski definition) is 3. The van der Waals surface area contributed by atoms with Gasteiger partial charge in [0.05, 0.1) is 5.69 Å². The van der Waals surface area contributed by atoms with E-state index in [1.165, 1.54) is 16.7 Å². The zero-order valence-electron chi connectivity index (χ0n) is 14.4. The fourth-order valence-electron chi connectivity index (χ4n) is 3.98. The second-order valence-corrected chi connectivity index (χ2v) is 6.58. The Bertz CT molecular complexity index is 1330. The van der Waals surface area contributed by atoms with Gasteiger partial charge < -0.3 is 0 Å². The summed E-state index contributed by atoms with van der Waals surface area (Å²) in [5, 5.41) is 0. The maximum atomic E-state index is 4.86. The molecule has 0 aliphatic carbocycles. The molecule has 0 spiro atoms. The highest BCUT2D eigenvalue weighted by atomic mass is 15.2. The molecule has 0 saturated heterocycles. The smallest absolute Gasteiger partial charge is 0.198 e. The summed E-state index contributed by atoms with van der Waals surface area (Å²) in [7, 11) is 0. The second-order valence-electron chi connectivity index (χ2n) is 6.58. The number of benzene rings is 3. The zero-order valence-corrected chi connectivity index (χ0v) is 14.4. The minimum atomic E-state index is 0.656. The summed E-state index contributed by atoms with van der Waals surface area (Å²) >= 11 is 0. The van der Waals surface area contributed by atoms with Gasteiger partial charge in [-0.05, 0) is 22.8 Å². The van der Waals surface area contributed by atoms with Crippen molar-refractivity contribution >= 4 is 11.3 Å². The van der Waals surface area contributed by atoms with E-state index >= 15 is 0 Å². The fourth-order valence-corrected chi connectivity index (χ4v) is 3.98. The normalized spacial score (nSPS) is 11.7. The van der Waals surface area contributed by atoms with Crippen LogP contribution in [0, 0.1) is 0 Å². The van der Waals surface area contributed by atoms with E-state index in [2.05, 4.69) is 87.3 Å². The molecule has 6 rings (SSSR count). The number of hydrogen-bond donors (Lipinski definition) is 0. The summed E-state index contributed by atoms with van der Waals surface area (Å²) in [6, 6.07) is 25.4. The molecule has 5 aromatic rings. The van der Waals surface area contributed by atoms with Crippen LogP contribution >= 0.6 is 0 Å². The van der Waals surface area contributed by atoms with E-state index in [-0.39, 0.29) is 0 Å². The fraction of sp³-hybridized carbons (Fsp3) is 0. The van der Waals surface area contributed by atoms with Crippen molar-refractivity contribution in [3.8, 4) is 39.3 Å². The molecule has 27 heavy (non-hydrogen) atoms. The second kappa shape index (κ2) is 5.35. The molecular formula is C23H14N4. The average Bonchev–Trinajstić information content (AvgIpc) is 3.12. The van der Waals surface area contributed by atoms with Crippen molar-refractivity contribution in [3.05, 3.63) is 85.2 Å². The van der Waals surface area contributed by atoms with Gasteiger partial charge in [-0.15, -0.1) is 0 Å². The lowest BCUT2D eigenvalue weighted by atomic mass is 9.89. The Balaban J connectivity index is 1.88. The average molecular weight is 346 g/mol. The van der Waals surface area contributed by atoms with Crippen LogP contribution in [0.4, 0.5) is 0 Å². The molecule has 0 bridgehead atoms. The van der Waals surface area contributed by atoms with Crippen LogP contribution in [0.3, 0.4) is 0 Å². The van der Waals surface area contributed by atoms with E-state index in [1.807, 2.05) is 0 Å². The van der Waals surface area contributed by atoms with Crippen LogP contribution in [0.5, 0.6) is 0 Å². The molecule has 0 N–H and O–H groups in total. The van der Waals surface area contributed by atoms with Crippen molar-refractivity contribution in [1.82, 2.24) is 19.5 Å². The van der Waals surface area contributed by atoms with Crippen LogP contribution in [-0.4, -0.2) is 19.5 Å². The van der Waals surface area contributed by atoms with Gasteiger partial charge in [-0.1, -0.05) is 66.7 Å². The minimum Gasteiger partial charge on any atom is -0.275 e. The van der Waals surface area contributed by atoms with Crippen molar-refractivity contribution in [2.24, 2.45) is 0 Å². The summed E-state index contributed by atoms with van der Waals surface area (Å²) < 4.78 is 2.13. The topological polar surface area (TPSA) is 43.6 Å². The lowest BCUT2D eigenvalue weighted by molar-refractivity contribution is 1.08. The third-order valence-electron chi connectivity index (χ3n) is 5.12. The molecule has 0 fully saturated rings. The first-order valence-electron chi connectivity index (χ1n) is 8.90. The summed E-state index contributed by atoms with van der Waals surface area (Å²) in [5.74, 6) is 0.869. The lowest BCUT2D eigenvalue weighted by Gasteiger charge is -2.21. The van der Waals surface area contributed by atoms with Crippen LogP contribution in [0.25, 0.3) is 50.6 Å². The molecule has 1 aliphatic heterocycles. The Hall–Kier alpha value is -3.79. The molecule has 0 saturated carbocycles. The van der Waals surface area contributed by atoms with Crippen molar-refractivity contribution in [1.29, 1.82) is 0 Å². The third-order valence-corrected chi connectivity index (χ3v) is 5.12. The number of para-hydroxylation sites is 1. The monoisotopic (exact) mass is 346 g/mol. The van der Waals surface area contributed by atoms with Crippen molar-refractivity contribution < 1.29 is 0 Å². The van der Waals surface area contributed by atoms with Crippen molar-refractivity contribution in [2.45, 2.75) is 0 Å². The van der Waals surface area contributed by atoms with Crippen LogP contribution in [-0.2, 0) is 0 Å². The molecule has 126 valence electrons. The molecule has 0 unspecified atom stereocenters. The molecule has 3 heterocycles. The summed E-state index contributed by atoms with van der Waals surface area (Å²) in [4.78, 5) is 13.9. The largest absolute Gasteiger partial charge is 0.275 e. The van der Waals surface area contributed by atoms with Gasteiger partial charge in [-0.2, -0.15) is 0 Å². The lowest BCUT2D eigenvalue weighted by Crippen LogP contribution is -2.04. The highest BCUT2D eigenvalue weighted by molar-refractivity contribution is 5.96. The Morgan fingerprint density at radius 3 is 1.89 bits per heavy atom. The van der Waals surface area contributed by atoms with Crippen molar-refractivity contribution in [2.75, 3.05) is 0 Å². The number of nitrogens with zero attached hydrogens (tertiary/aromatic N) is 4. The van der Waals surface area contributed by atoms with Crippen molar-refractivity contribution in [3.63, 3.8) is 0 Å². The number of imidazole rings is 1. The van der Waals surface area contributed by atoms with Crippen LogP contribution in [0.2, 0.25) is 0 Å². The molecular weight excluding hydrogens is 332 g/mol.